The third-order valence-corrected chi connectivity index (χ3v) is 6.75. The van der Waals surface area contributed by atoms with Crippen LogP contribution in [0, 0.1) is 0 Å². The number of benzene rings is 1. The van der Waals surface area contributed by atoms with Crippen molar-refractivity contribution < 1.29 is 18.0 Å². The lowest BCUT2D eigenvalue weighted by Gasteiger charge is -2.41. The number of sulfonamides is 1. The molecule has 2 amide bonds. The van der Waals surface area contributed by atoms with Crippen molar-refractivity contribution in [1.82, 2.24) is 14.5 Å². The molecule has 8 nitrogen and oxygen atoms in total. The summed E-state index contributed by atoms with van der Waals surface area (Å²) in [5.41, 5.74) is -0.448. The fourth-order valence-electron chi connectivity index (χ4n) is 2.76. The van der Waals surface area contributed by atoms with Gasteiger partial charge in [-0.2, -0.15) is 0 Å². The van der Waals surface area contributed by atoms with Gasteiger partial charge in [-0.05, 0) is 32.0 Å². The van der Waals surface area contributed by atoms with E-state index in [0.717, 1.165) is 4.31 Å². The fourth-order valence-corrected chi connectivity index (χ4v) is 3.85. The quantitative estimate of drug-likeness (QED) is 0.724. The van der Waals surface area contributed by atoms with Gasteiger partial charge < -0.3 is 10.6 Å². The van der Waals surface area contributed by atoms with Gasteiger partial charge in [0.05, 0.1) is 21.1 Å². The predicted molar refractivity (Wildman–Crippen MR) is 104 cm³/mol. The lowest BCUT2D eigenvalue weighted by Crippen LogP contribution is -2.62. The molecule has 0 saturated carbocycles. The second-order valence-corrected chi connectivity index (χ2v) is 9.59. The summed E-state index contributed by atoms with van der Waals surface area (Å²) in [6.45, 7) is 5.22. The molecule has 0 bridgehead atoms. The van der Waals surface area contributed by atoms with Crippen LogP contribution in [0.15, 0.2) is 23.1 Å². The van der Waals surface area contributed by atoms with Crippen molar-refractivity contribution in [2.75, 3.05) is 39.0 Å². The highest BCUT2D eigenvalue weighted by Gasteiger charge is 2.37. The molecule has 2 rings (SSSR count). The number of piperazine rings is 1. The molecule has 0 radical (unpaired) electrons. The summed E-state index contributed by atoms with van der Waals surface area (Å²) in [4.78, 5) is 26.3. The van der Waals surface area contributed by atoms with Crippen molar-refractivity contribution in [3.8, 4) is 0 Å². The van der Waals surface area contributed by atoms with Crippen molar-refractivity contribution in [1.29, 1.82) is 0 Å². The summed E-state index contributed by atoms with van der Waals surface area (Å²) < 4.78 is 25.6. The van der Waals surface area contributed by atoms with E-state index in [4.69, 9.17) is 11.6 Å². The molecule has 2 N–H and O–H groups in total. The smallest absolute Gasteiger partial charge is 0.242 e. The number of amides is 2. The Morgan fingerprint density at radius 1 is 1.37 bits per heavy atom. The molecule has 0 aliphatic carbocycles. The summed E-state index contributed by atoms with van der Waals surface area (Å²) in [5.74, 6) is -0.378. The van der Waals surface area contributed by atoms with E-state index in [1.165, 1.54) is 32.3 Å². The highest BCUT2D eigenvalue weighted by Crippen LogP contribution is 2.26. The zero-order valence-corrected chi connectivity index (χ0v) is 17.4. The van der Waals surface area contributed by atoms with E-state index in [9.17, 15) is 18.0 Å². The van der Waals surface area contributed by atoms with Gasteiger partial charge >= 0.3 is 0 Å². The van der Waals surface area contributed by atoms with Crippen LogP contribution in [0.1, 0.15) is 20.3 Å². The van der Waals surface area contributed by atoms with Crippen LogP contribution < -0.4 is 10.6 Å². The van der Waals surface area contributed by atoms with E-state index in [-0.39, 0.29) is 33.8 Å². The van der Waals surface area contributed by atoms with Gasteiger partial charge in [-0.15, -0.1) is 0 Å². The van der Waals surface area contributed by atoms with E-state index < -0.39 is 15.6 Å². The molecule has 1 fully saturated rings. The van der Waals surface area contributed by atoms with Crippen molar-refractivity contribution in [3.63, 3.8) is 0 Å². The summed E-state index contributed by atoms with van der Waals surface area (Å²) in [7, 11) is -0.774. The standard InChI is InChI=1S/C17H25ClN4O4S/c1-17(2)16(24)19-8-10-22(17)9-7-15(23)20-14-11-12(5-6-13(14)18)27(25,26)21(3)4/h5-6,11H,7-10H2,1-4H3,(H,19,24)(H,20,23). The van der Waals surface area contributed by atoms with Gasteiger partial charge in [0, 0.05) is 40.2 Å². The molecule has 1 aliphatic rings. The van der Waals surface area contributed by atoms with Crippen LogP contribution in [0.5, 0.6) is 0 Å². The highest BCUT2D eigenvalue weighted by molar-refractivity contribution is 7.89. The number of nitrogens with zero attached hydrogens (tertiary/aromatic N) is 2. The maximum absolute atomic E-state index is 12.3. The Balaban J connectivity index is 2.07. The topological polar surface area (TPSA) is 98.8 Å². The van der Waals surface area contributed by atoms with E-state index in [1.54, 1.807) is 0 Å². The molecule has 10 heteroatoms. The van der Waals surface area contributed by atoms with Crippen molar-refractivity contribution in [2.24, 2.45) is 0 Å². The first-order valence-corrected chi connectivity index (χ1v) is 10.3. The largest absolute Gasteiger partial charge is 0.353 e. The van der Waals surface area contributed by atoms with Crippen LogP contribution in [0.4, 0.5) is 5.69 Å². The Morgan fingerprint density at radius 3 is 2.67 bits per heavy atom. The average molecular weight is 417 g/mol. The first-order chi connectivity index (χ1) is 12.5. The molecular formula is C17H25ClN4O4S. The molecule has 0 spiro atoms. The van der Waals surface area contributed by atoms with Crippen LogP contribution in [-0.2, 0) is 19.6 Å². The molecule has 1 aromatic rings. The molecule has 1 heterocycles. The minimum atomic E-state index is -3.63. The SMILES string of the molecule is CN(C)S(=O)(=O)c1ccc(Cl)c(NC(=O)CCN2CCNC(=O)C2(C)C)c1. The zero-order valence-electron chi connectivity index (χ0n) is 15.9. The summed E-state index contributed by atoms with van der Waals surface area (Å²) in [6.07, 6.45) is 0.150. The number of anilines is 1. The van der Waals surface area contributed by atoms with E-state index in [2.05, 4.69) is 10.6 Å². The van der Waals surface area contributed by atoms with Gasteiger partial charge in [0.25, 0.3) is 0 Å². The van der Waals surface area contributed by atoms with Crippen molar-refractivity contribution in [3.05, 3.63) is 23.2 Å². The lowest BCUT2D eigenvalue weighted by atomic mass is 9.98. The first-order valence-electron chi connectivity index (χ1n) is 8.51. The molecule has 27 heavy (non-hydrogen) atoms. The minimum Gasteiger partial charge on any atom is -0.353 e. The Labute approximate surface area is 164 Å². The molecule has 0 aromatic heterocycles. The van der Waals surface area contributed by atoms with Gasteiger partial charge in [0.1, 0.15) is 0 Å². The van der Waals surface area contributed by atoms with Crippen LogP contribution in [0.25, 0.3) is 0 Å². The van der Waals surface area contributed by atoms with Crippen LogP contribution in [-0.4, -0.2) is 68.7 Å². The maximum atomic E-state index is 12.3. The number of carbonyl (C=O) groups is 2. The number of hydrogen-bond donors (Lipinski definition) is 2. The molecule has 1 saturated heterocycles. The van der Waals surface area contributed by atoms with Gasteiger partial charge in [0.15, 0.2) is 0 Å². The zero-order chi connectivity index (χ0) is 20.4. The molecular weight excluding hydrogens is 392 g/mol. The van der Waals surface area contributed by atoms with Gasteiger partial charge in [-0.3, -0.25) is 14.5 Å². The Morgan fingerprint density at radius 2 is 2.04 bits per heavy atom. The van der Waals surface area contributed by atoms with Crippen LogP contribution in [0.2, 0.25) is 5.02 Å². The van der Waals surface area contributed by atoms with Gasteiger partial charge in [-0.25, -0.2) is 12.7 Å². The Kier molecular flexibility index (Phi) is 6.51. The highest BCUT2D eigenvalue weighted by atomic mass is 35.5. The monoisotopic (exact) mass is 416 g/mol. The van der Waals surface area contributed by atoms with Crippen LogP contribution >= 0.6 is 11.6 Å². The third kappa shape index (κ3) is 4.78. The average Bonchev–Trinajstić information content (AvgIpc) is 2.58. The number of carbonyl (C=O) groups excluding carboxylic acids is 2. The number of nitrogens with one attached hydrogen (secondary N) is 2. The number of halogens is 1. The molecule has 1 aromatic carbocycles. The molecule has 0 atom stereocenters. The van der Waals surface area contributed by atoms with E-state index in [1.807, 2.05) is 18.7 Å². The number of hydrogen-bond acceptors (Lipinski definition) is 5. The maximum Gasteiger partial charge on any atom is 0.242 e. The lowest BCUT2D eigenvalue weighted by molar-refractivity contribution is -0.135. The molecule has 1 aliphatic heterocycles. The van der Waals surface area contributed by atoms with Crippen molar-refractivity contribution in [2.45, 2.75) is 30.7 Å². The first kappa shape index (κ1) is 21.6. The normalized spacial score (nSPS) is 17.6. The Hall–Kier alpha value is -1.68. The van der Waals surface area contributed by atoms with Gasteiger partial charge in [-0.1, -0.05) is 11.6 Å². The second kappa shape index (κ2) is 8.14. The van der Waals surface area contributed by atoms with E-state index in [0.29, 0.717) is 19.6 Å². The van der Waals surface area contributed by atoms with Crippen molar-refractivity contribution >= 4 is 39.1 Å². The second-order valence-electron chi connectivity index (χ2n) is 7.03. The number of rotatable bonds is 6. The predicted octanol–water partition coefficient (Wildman–Crippen LogP) is 1.13. The fraction of sp³-hybridized carbons (Fsp3) is 0.529. The van der Waals surface area contributed by atoms with Gasteiger partial charge in [0.2, 0.25) is 21.8 Å². The third-order valence-electron chi connectivity index (χ3n) is 4.61. The van der Waals surface area contributed by atoms with Crippen LogP contribution in [0.3, 0.4) is 0 Å². The summed E-state index contributed by atoms with van der Waals surface area (Å²) in [6, 6.07) is 4.17. The van der Waals surface area contributed by atoms with E-state index >= 15 is 0 Å². The minimum absolute atomic E-state index is 0.0426. The Bertz CT molecular complexity index is 839. The summed E-state index contributed by atoms with van der Waals surface area (Å²) in [5, 5.41) is 5.71. The summed E-state index contributed by atoms with van der Waals surface area (Å²) >= 11 is 6.10. The molecule has 0 unspecified atom stereocenters. The molecule has 150 valence electrons.